The van der Waals surface area contributed by atoms with Gasteiger partial charge in [-0.3, -0.25) is 5.10 Å². The second kappa shape index (κ2) is 9.29. The average Bonchev–Trinajstić information content (AvgIpc) is 3.29. The molecule has 28 heavy (non-hydrogen) atoms. The Kier molecular flexibility index (Phi) is 6.54. The molecule has 152 valence electrons. The number of morpholine rings is 1. The molecule has 2 fully saturated rings. The molecule has 2 aromatic rings. The van der Waals surface area contributed by atoms with Crippen LogP contribution in [0.4, 0.5) is 4.79 Å². The minimum atomic E-state index is 0.168. The summed E-state index contributed by atoms with van der Waals surface area (Å²) >= 11 is 7.65. The van der Waals surface area contributed by atoms with Gasteiger partial charge in [0.25, 0.3) is 0 Å². The number of carbonyl (C=O) groups excluding carboxylic acids is 1. The molecule has 0 bridgehead atoms. The molecule has 8 heteroatoms. The van der Waals surface area contributed by atoms with E-state index in [2.05, 4.69) is 22.3 Å². The summed E-state index contributed by atoms with van der Waals surface area (Å²) in [7, 11) is 0. The van der Waals surface area contributed by atoms with Crippen molar-refractivity contribution in [1.29, 1.82) is 0 Å². The number of aromatic nitrogens is 2. The van der Waals surface area contributed by atoms with Crippen LogP contribution in [0.5, 0.6) is 0 Å². The number of hydrogen-bond acceptors (Lipinski definition) is 4. The Morgan fingerprint density at radius 2 is 2.00 bits per heavy atom. The van der Waals surface area contributed by atoms with Crippen molar-refractivity contribution in [3.05, 3.63) is 38.8 Å². The number of ether oxygens (including phenoxy) is 1. The first-order chi connectivity index (χ1) is 13.7. The van der Waals surface area contributed by atoms with Crippen LogP contribution in [-0.2, 0) is 17.6 Å². The lowest BCUT2D eigenvalue weighted by Gasteiger charge is -2.32. The molecular weight excluding hydrogens is 396 g/mol. The highest BCUT2D eigenvalue weighted by atomic mass is 35.5. The van der Waals surface area contributed by atoms with Crippen LogP contribution in [0, 0.1) is 0 Å². The quantitative estimate of drug-likeness (QED) is 0.811. The fourth-order valence-corrected chi connectivity index (χ4v) is 5.09. The number of carbonyl (C=O) groups is 1. The van der Waals surface area contributed by atoms with Crippen LogP contribution < -0.4 is 0 Å². The highest BCUT2D eigenvalue weighted by Crippen LogP contribution is 2.28. The van der Waals surface area contributed by atoms with Crippen molar-refractivity contribution in [2.75, 3.05) is 39.4 Å². The number of aromatic amines is 1. The monoisotopic (exact) mass is 422 g/mol. The van der Waals surface area contributed by atoms with Crippen molar-refractivity contribution < 1.29 is 9.53 Å². The number of likely N-dealkylation sites (tertiary alicyclic amines) is 1. The first-order valence-corrected chi connectivity index (χ1v) is 11.3. The molecule has 1 N–H and O–H groups in total. The number of urea groups is 1. The molecule has 2 aliphatic heterocycles. The summed E-state index contributed by atoms with van der Waals surface area (Å²) in [5, 5.41) is 7.79. The largest absolute Gasteiger partial charge is 0.378 e. The van der Waals surface area contributed by atoms with Crippen LogP contribution in [0.15, 0.2) is 18.2 Å². The minimum absolute atomic E-state index is 0.168. The summed E-state index contributed by atoms with van der Waals surface area (Å²) in [5.74, 6) is 0.420. The van der Waals surface area contributed by atoms with E-state index < -0.39 is 0 Å². The predicted molar refractivity (Wildman–Crippen MR) is 111 cm³/mol. The van der Waals surface area contributed by atoms with Gasteiger partial charge >= 0.3 is 6.03 Å². The van der Waals surface area contributed by atoms with Gasteiger partial charge in [-0.15, -0.1) is 11.3 Å². The molecule has 2 saturated heterocycles. The number of halogens is 1. The van der Waals surface area contributed by atoms with Crippen molar-refractivity contribution in [2.24, 2.45) is 0 Å². The molecule has 0 saturated carbocycles. The van der Waals surface area contributed by atoms with Crippen molar-refractivity contribution in [3.63, 3.8) is 0 Å². The van der Waals surface area contributed by atoms with E-state index in [1.54, 1.807) is 11.3 Å². The second-order valence-corrected chi connectivity index (χ2v) is 9.32. The SMILES string of the molecule is O=C(N1CCOCC1)N1CCCC(c2cc(CCc3ccc(Cl)s3)[nH]n2)CC1. The van der Waals surface area contributed by atoms with E-state index in [9.17, 15) is 4.79 Å². The first kappa shape index (κ1) is 19.7. The molecule has 0 aromatic carbocycles. The van der Waals surface area contributed by atoms with Gasteiger partial charge in [-0.05, 0) is 50.3 Å². The molecule has 4 heterocycles. The number of nitrogens with zero attached hydrogens (tertiary/aromatic N) is 3. The maximum atomic E-state index is 12.7. The molecule has 1 unspecified atom stereocenters. The Morgan fingerprint density at radius 1 is 1.18 bits per heavy atom. The molecule has 1 atom stereocenters. The fraction of sp³-hybridized carbons (Fsp3) is 0.600. The number of hydrogen-bond donors (Lipinski definition) is 1. The van der Waals surface area contributed by atoms with E-state index in [0.29, 0.717) is 32.2 Å². The van der Waals surface area contributed by atoms with Gasteiger partial charge in [0.2, 0.25) is 0 Å². The van der Waals surface area contributed by atoms with Gasteiger partial charge in [0.1, 0.15) is 0 Å². The Balaban J connectivity index is 1.30. The number of nitrogens with one attached hydrogen (secondary N) is 1. The number of rotatable bonds is 4. The summed E-state index contributed by atoms with van der Waals surface area (Å²) in [6.07, 6.45) is 5.00. The zero-order chi connectivity index (χ0) is 19.3. The fourth-order valence-electron chi connectivity index (χ4n) is 4.00. The van der Waals surface area contributed by atoms with Crippen LogP contribution in [0.2, 0.25) is 4.34 Å². The standard InChI is InChI=1S/C20H27ClN4O2S/c21-19-6-5-17(28-19)4-3-16-14-18(23-22-16)15-2-1-8-24(9-7-15)20(26)25-10-12-27-13-11-25/h5-6,14-15H,1-4,7-13H2,(H,22,23). The minimum Gasteiger partial charge on any atom is -0.378 e. The molecule has 0 radical (unpaired) electrons. The van der Waals surface area contributed by atoms with E-state index in [0.717, 1.165) is 55.2 Å². The van der Waals surface area contributed by atoms with Crippen molar-refractivity contribution in [1.82, 2.24) is 20.0 Å². The third-order valence-electron chi connectivity index (χ3n) is 5.62. The summed E-state index contributed by atoms with van der Waals surface area (Å²) in [5.41, 5.74) is 2.31. The second-order valence-electron chi connectivity index (χ2n) is 7.52. The highest BCUT2D eigenvalue weighted by molar-refractivity contribution is 7.16. The molecule has 2 aliphatic rings. The number of amides is 2. The maximum Gasteiger partial charge on any atom is 0.320 e. The van der Waals surface area contributed by atoms with Crippen LogP contribution in [0.1, 0.15) is 41.4 Å². The topological polar surface area (TPSA) is 61.5 Å². The third kappa shape index (κ3) is 4.88. The van der Waals surface area contributed by atoms with Gasteiger partial charge < -0.3 is 14.5 Å². The predicted octanol–water partition coefficient (Wildman–Crippen LogP) is 3.93. The zero-order valence-electron chi connectivity index (χ0n) is 16.0. The smallest absolute Gasteiger partial charge is 0.320 e. The zero-order valence-corrected chi connectivity index (χ0v) is 17.6. The molecule has 2 aromatic heterocycles. The van der Waals surface area contributed by atoms with Crippen LogP contribution >= 0.6 is 22.9 Å². The summed E-state index contributed by atoms with van der Waals surface area (Å²) in [6, 6.07) is 6.42. The lowest BCUT2D eigenvalue weighted by Crippen LogP contribution is -2.48. The molecule has 0 spiro atoms. The molecule has 0 aliphatic carbocycles. The van der Waals surface area contributed by atoms with Crippen molar-refractivity contribution in [2.45, 2.75) is 38.0 Å². The number of H-pyrrole nitrogens is 1. The molecular formula is C20H27ClN4O2S. The first-order valence-electron chi connectivity index (χ1n) is 10.1. The summed E-state index contributed by atoms with van der Waals surface area (Å²) < 4.78 is 6.20. The van der Waals surface area contributed by atoms with E-state index in [1.165, 1.54) is 10.6 Å². The van der Waals surface area contributed by atoms with Gasteiger partial charge in [0.15, 0.2) is 0 Å². The Hall–Kier alpha value is -1.57. The lowest BCUT2D eigenvalue weighted by atomic mass is 9.96. The molecule has 4 rings (SSSR count). The third-order valence-corrected chi connectivity index (χ3v) is 6.91. The van der Waals surface area contributed by atoms with Crippen LogP contribution in [-0.4, -0.2) is 65.4 Å². The van der Waals surface area contributed by atoms with E-state index >= 15 is 0 Å². The Labute approximate surface area is 174 Å². The van der Waals surface area contributed by atoms with Gasteiger partial charge in [-0.25, -0.2) is 4.79 Å². The van der Waals surface area contributed by atoms with Gasteiger partial charge in [0.05, 0.1) is 23.2 Å². The summed E-state index contributed by atoms with van der Waals surface area (Å²) in [4.78, 5) is 18.0. The van der Waals surface area contributed by atoms with E-state index in [4.69, 9.17) is 16.3 Å². The Bertz CT molecular complexity index is 787. The number of aryl methyl sites for hydroxylation is 2. The summed E-state index contributed by atoms with van der Waals surface area (Å²) in [6.45, 7) is 4.35. The molecule has 6 nitrogen and oxygen atoms in total. The van der Waals surface area contributed by atoms with Gasteiger partial charge in [-0.1, -0.05) is 11.6 Å². The molecule has 2 amide bonds. The van der Waals surface area contributed by atoms with Crippen LogP contribution in [0.3, 0.4) is 0 Å². The van der Waals surface area contributed by atoms with Gasteiger partial charge in [0, 0.05) is 42.7 Å². The van der Waals surface area contributed by atoms with E-state index in [-0.39, 0.29) is 6.03 Å². The lowest BCUT2D eigenvalue weighted by molar-refractivity contribution is 0.0435. The van der Waals surface area contributed by atoms with Crippen molar-refractivity contribution in [3.8, 4) is 0 Å². The van der Waals surface area contributed by atoms with Gasteiger partial charge in [-0.2, -0.15) is 5.10 Å². The Morgan fingerprint density at radius 3 is 2.79 bits per heavy atom. The van der Waals surface area contributed by atoms with E-state index in [1.807, 2.05) is 15.9 Å². The number of thiophene rings is 1. The van der Waals surface area contributed by atoms with Crippen LogP contribution in [0.25, 0.3) is 0 Å². The maximum absolute atomic E-state index is 12.7. The normalized spacial score (nSPS) is 21.0. The highest BCUT2D eigenvalue weighted by Gasteiger charge is 2.27. The van der Waals surface area contributed by atoms with Crippen molar-refractivity contribution >= 4 is 29.0 Å². The average molecular weight is 423 g/mol.